The molecule has 0 aliphatic rings. The van der Waals surface area contributed by atoms with Gasteiger partial charge >= 0.3 is 0 Å². The molecule has 0 spiro atoms. The Kier molecular flexibility index (Phi) is 8.49. The third-order valence-electron chi connectivity index (χ3n) is 5.91. The molecule has 0 amide bonds. The first-order valence-electron chi connectivity index (χ1n) is 10.9. The van der Waals surface area contributed by atoms with Crippen LogP contribution < -0.4 is 5.32 Å². The molecule has 3 aromatic rings. The van der Waals surface area contributed by atoms with Crippen LogP contribution in [-0.4, -0.2) is 12.2 Å². The van der Waals surface area contributed by atoms with E-state index in [1.165, 1.54) is 26.0 Å². The molecule has 176 valence electrons. The molecule has 0 heterocycles. The molecule has 0 aliphatic carbocycles. The van der Waals surface area contributed by atoms with Crippen molar-refractivity contribution >= 4 is 23.2 Å². The second-order valence-electron chi connectivity index (χ2n) is 9.00. The van der Waals surface area contributed by atoms with Gasteiger partial charge < -0.3 is 5.32 Å². The van der Waals surface area contributed by atoms with Gasteiger partial charge in [-0.05, 0) is 85.8 Å². The van der Waals surface area contributed by atoms with Crippen LogP contribution in [0.15, 0.2) is 66.7 Å². The second kappa shape index (κ2) is 10.9. The van der Waals surface area contributed by atoms with Gasteiger partial charge in [-0.25, -0.2) is 13.2 Å². The fourth-order valence-electron chi connectivity index (χ4n) is 4.52. The fraction of sp³-hybridized carbons (Fsp3) is 0.333. The summed E-state index contributed by atoms with van der Waals surface area (Å²) in [7, 11) is 0. The summed E-state index contributed by atoms with van der Waals surface area (Å²) < 4.78 is 42.8. The second-order valence-corrected chi connectivity index (χ2v) is 9.87. The van der Waals surface area contributed by atoms with E-state index in [1.54, 1.807) is 0 Å². The highest BCUT2D eigenvalue weighted by molar-refractivity contribution is 6.30. The number of benzene rings is 3. The molecule has 0 saturated carbocycles. The van der Waals surface area contributed by atoms with Gasteiger partial charge in [-0.2, -0.15) is 0 Å². The molecule has 2 unspecified atom stereocenters. The zero-order chi connectivity index (χ0) is 24.2. The Bertz CT molecular complexity index is 981. The van der Waals surface area contributed by atoms with E-state index in [1.807, 2.05) is 55.5 Å². The predicted molar refractivity (Wildman–Crippen MR) is 131 cm³/mol. The number of halogens is 5. The number of nitrogens with one attached hydrogen (secondary N) is 1. The molecule has 33 heavy (non-hydrogen) atoms. The average Bonchev–Trinajstić information content (AvgIpc) is 2.71. The topological polar surface area (TPSA) is 12.0 Å². The molecule has 6 heteroatoms. The molecule has 0 saturated heterocycles. The highest BCUT2D eigenvalue weighted by atomic mass is 35.5. The van der Waals surface area contributed by atoms with Crippen LogP contribution in [-0.2, 0) is 0 Å². The summed E-state index contributed by atoms with van der Waals surface area (Å²) in [5, 5.41) is 4.85. The number of hydrogen-bond donors (Lipinski definition) is 1. The molecule has 3 rings (SSSR count). The van der Waals surface area contributed by atoms with Gasteiger partial charge in [0.05, 0.1) is 6.04 Å². The average molecular weight is 494 g/mol. The van der Waals surface area contributed by atoms with Gasteiger partial charge in [0.2, 0.25) is 0 Å². The number of hydrogen-bond acceptors (Lipinski definition) is 1. The number of alkyl halides is 1. The molecular weight excluding hydrogens is 466 g/mol. The third-order valence-corrected chi connectivity index (χ3v) is 6.41. The van der Waals surface area contributed by atoms with Gasteiger partial charge in [-0.1, -0.05) is 54.4 Å². The van der Waals surface area contributed by atoms with Crippen LogP contribution in [0.2, 0.25) is 10.0 Å². The van der Waals surface area contributed by atoms with E-state index >= 15 is 4.39 Å². The Hall–Kier alpha value is -2.01. The van der Waals surface area contributed by atoms with Crippen LogP contribution in [0, 0.1) is 17.6 Å². The van der Waals surface area contributed by atoms with Crippen LogP contribution in [0.5, 0.6) is 0 Å². The molecular formula is C27H28Cl2F3N. The van der Waals surface area contributed by atoms with Crippen LogP contribution in [0.4, 0.5) is 13.2 Å². The highest BCUT2D eigenvalue weighted by Crippen LogP contribution is 2.39. The smallest absolute Gasteiger partial charge is 0.126 e. The number of rotatable bonds is 9. The standard InChI is InChI=1S/C27H28Cl2F3N/c1-17(25(27(2,3)32)20-14-23(30)16-24(31)15-20)12-13-33-26(18-4-8-21(28)9-5-18)19-6-10-22(29)11-7-19/h4-11,14-17,25-26,33H,12-13H2,1-3H3. The summed E-state index contributed by atoms with van der Waals surface area (Å²) in [5.41, 5.74) is 0.748. The van der Waals surface area contributed by atoms with Gasteiger partial charge in [0.25, 0.3) is 0 Å². The van der Waals surface area contributed by atoms with Gasteiger partial charge in [-0.3, -0.25) is 0 Å². The van der Waals surface area contributed by atoms with Crippen LogP contribution in [0.25, 0.3) is 0 Å². The minimum atomic E-state index is -1.65. The summed E-state index contributed by atoms with van der Waals surface area (Å²) in [5.74, 6) is -2.23. The minimum Gasteiger partial charge on any atom is -0.306 e. The summed E-state index contributed by atoms with van der Waals surface area (Å²) in [6.07, 6.45) is 0.605. The summed E-state index contributed by atoms with van der Waals surface area (Å²) in [6, 6.07) is 18.3. The van der Waals surface area contributed by atoms with Crippen molar-refractivity contribution in [3.63, 3.8) is 0 Å². The van der Waals surface area contributed by atoms with Gasteiger partial charge in [0, 0.05) is 22.0 Å². The van der Waals surface area contributed by atoms with Crippen molar-refractivity contribution in [2.45, 2.75) is 44.8 Å². The molecule has 1 N–H and O–H groups in total. The zero-order valence-electron chi connectivity index (χ0n) is 18.9. The van der Waals surface area contributed by atoms with Gasteiger partial charge in [0.1, 0.15) is 17.3 Å². The Labute approximate surface area is 203 Å². The van der Waals surface area contributed by atoms with Crippen molar-refractivity contribution in [2.24, 2.45) is 5.92 Å². The summed E-state index contributed by atoms with van der Waals surface area (Å²) in [6.45, 7) is 5.39. The Balaban J connectivity index is 1.78. The first-order valence-corrected chi connectivity index (χ1v) is 11.7. The maximum absolute atomic E-state index is 15.2. The molecule has 0 aromatic heterocycles. The molecule has 0 radical (unpaired) electrons. The molecule has 2 atom stereocenters. The van der Waals surface area contributed by atoms with Crippen LogP contribution in [0.3, 0.4) is 0 Å². The van der Waals surface area contributed by atoms with E-state index in [-0.39, 0.29) is 12.0 Å². The van der Waals surface area contributed by atoms with Crippen molar-refractivity contribution in [3.05, 3.63) is 105 Å². The maximum atomic E-state index is 15.2. The normalized spacial score (nSPS) is 13.8. The molecule has 3 aromatic carbocycles. The Morgan fingerprint density at radius 2 is 1.24 bits per heavy atom. The maximum Gasteiger partial charge on any atom is 0.126 e. The minimum absolute atomic E-state index is 0.116. The summed E-state index contributed by atoms with van der Waals surface area (Å²) in [4.78, 5) is 0. The van der Waals surface area contributed by atoms with Crippen molar-refractivity contribution in [2.75, 3.05) is 6.54 Å². The largest absolute Gasteiger partial charge is 0.306 e. The van der Waals surface area contributed by atoms with Crippen LogP contribution in [0.1, 0.15) is 55.8 Å². The zero-order valence-corrected chi connectivity index (χ0v) is 20.4. The van der Waals surface area contributed by atoms with E-state index in [4.69, 9.17) is 23.2 Å². The monoisotopic (exact) mass is 493 g/mol. The molecule has 1 nitrogen and oxygen atoms in total. The van der Waals surface area contributed by atoms with E-state index in [9.17, 15) is 8.78 Å². The lowest BCUT2D eigenvalue weighted by molar-refractivity contribution is 0.132. The first-order chi connectivity index (χ1) is 15.5. The quantitative estimate of drug-likeness (QED) is 0.315. The lowest BCUT2D eigenvalue weighted by Gasteiger charge is -2.33. The highest BCUT2D eigenvalue weighted by Gasteiger charge is 2.35. The van der Waals surface area contributed by atoms with E-state index < -0.39 is 23.2 Å². The predicted octanol–water partition coefficient (Wildman–Crippen LogP) is 8.51. The Morgan fingerprint density at radius 3 is 1.67 bits per heavy atom. The van der Waals surface area contributed by atoms with Crippen LogP contribution >= 0.6 is 23.2 Å². The van der Waals surface area contributed by atoms with Crippen molar-refractivity contribution in [1.82, 2.24) is 5.32 Å². The SMILES string of the molecule is CC(CCNC(c1ccc(Cl)cc1)c1ccc(Cl)cc1)C(c1cc(F)cc(F)c1)C(C)(C)F. The Morgan fingerprint density at radius 1 is 0.788 bits per heavy atom. The lowest BCUT2D eigenvalue weighted by Crippen LogP contribution is -2.32. The van der Waals surface area contributed by atoms with Crippen molar-refractivity contribution < 1.29 is 13.2 Å². The van der Waals surface area contributed by atoms with Crippen molar-refractivity contribution in [1.29, 1.82) is 0 Å². The molecule has 0 aliphatic heterocycles. The molecule has 0 fully saturated rings. The first kappa shape index (κ1) is 25.6. The van der Waals surface area contributed by atoms with E-state index in [0.29, 0.717) is 28.6 Å². The van der Waals surface area contributed by atoms with Crippen molar-refractivity contribution in [3.8, 4) is 0 Å². The van der Waals surface area contributed by atoms with E-state index in [0.717, 1.165) is 17.2 Å². The lowest BCUT2D eigenvalue weighted by atomic mass is 9.76. The van der Waals surface area contributed by atoms with E-state index in [2.05, 4.69) is 5.32 Å². The van der Waals surface area contributed by atoms with Gasteiger partial charge in [0.15, 0.2) is 0 Å². The third kappa shape index (κ3) is 6.99. The van der Waals surface area contributed by atoms with Gasteiger partial charge in [-0.15, -0.1) is 0 Å². The molecule has 0 bridgehead atoms. The summed E-state index contributed by atoms with van der Waals surface area (Å²) >= 11 is 12.1. The fourth-order valence-corrected chi connectivity index (χ4v) is 4.77.